The highest BCUT2D eigenvalue weighted by molar-refractivity contribution is 7.04. The van der Waals surface area contributed by atoms with Crippen LogP contribution in [-0.2, 0) is 4.74 Å². The molecule has 0 amide bonds. The van der Waals surface area contributed by atoms with Gasteiger partial charge in [-0.05, 0) is 29.2 Å². The number of methoxy groups -OCH3 is 1. The molecule has 0 spiro atoms. The summed E-state index contributed by atoms with van der Waals surface area (Å²) in [6.45, 7) is 7.01. The first-order valence-electron chi connectivity index (χ1n) is 10.1. The molecule has 1 N–H and O–H groups in total. The summed E-state index contributed by atoms with van der Waals surface area (Å²) in [5.74, 6) is 0.987. The molecule has 2 nitrogen and oxygen atoms in total. The predicted octanol–water partition coefficient (Wildman–Crippen LogP) is 4.66. The van der Waals surface area contributed by atoms with Crippen molar-refractivity contribution in [3.63, 3.8) is 0 Å². The van der Waals surface area contributed by atoms with Gasteiger partial charge in [0.25, 0.3) is 0 Å². The van der Waals surface area contributed by atoms with Crippen molar-refractivity contribution in [1.82, 2.24) is 0 Å². The first-order chi connectivity index (χ1) is 13.4. The summed E-state index contributed by atoms with van der Waals surface area (Å²) in [4.78, 5) is 0. The molecule has 2 aromatic rings. The zero-order chi connectivity index (χ0) is 20.2. The van der Waals surface area contributed by atoms with E-state index in [1.165, 1.54) is 10.4 Å². The van der Waals surface area contributed by atoms with Crippen molar-refractivity contribution >= 4 is 18.4 Å². The maximum Gasteiger partial charge on any atom is 0.126 e. The molecule has 28 heavy (non-hydrogen) atoms. The number of rotatable bonds is 6. The summed E-state index contributed by atoms with van der Waals surface area (Å²) in [6.07, 6.45) is 5.35. The average molecular weight is 393 g/mol. The summed E-state index contributed by atoms with van der Waals surface area (Å²) in [5, 5.41) is 14.2. The van der Waals surface area contributed by atoms with Crippen molar-refractivity contribution in [2.75, 3.05) is 7.11 Å². The van der Waals surface area contributed by atoms with Gasteiger partial charge in [0.15, 0.2) is 0 Å². The molecule has 2 aromatic carbocycles. The number of hydrogen-bond donors (Lipinski definition) is 1. The molecule has 3 heteroatoms. The zero-order valence-electron chi connectivity index (χ0n) is 17.5. The first kappa shape index (κ1) is 20.6. The van der Waals surface area contributed by atoms with E-state index in [1.54, 1.807) is 7.11 Å². The van der Waals surface area contributed by atoms with Crippen molar-refractivity contribution in [2.45, 2.75) is 50.8 Å². The van der Waals surface area contributed by atoms with Crippen LogP contribution in [-0.4, -0.2) is 26.4 Å². The van der Waals surface area contributed by atoms with Gasteiger partial charge in [-0.15, -0.1) is 0 Å². The van der Waals surface area contributed by atoms with Crippen LogP contribution in [0, 0.1) is 0 Å². The van der Waals surface area contributed by atoms with Crippen LogP contribution < -0.4 is 10.4 Å². The summed E-state index contributed by atoms with van der Waals surface area (Å²) >= 11 is 0. The Morgan fingerprint density at radius 2 is 1.43 bits per heavy atom. The highest BCUT2D eigenvalue weighted by Gasteiger charge is 2.48. The Labute approximate surface area is 170 Å². The van der Waals surface area contributed by atoms with Crippen LogP contribution >= 0.6 is 0 Å². The van der Waals surface area contributed by atoms with Gasteiger partial charge in [-0.3, -0.25) is 0 Å². The summed E-state index contributed by atoms with van der Waals surface area (Å²) in [5.41, 5.74) is 1.12. The van der Waals surface area contributed by atoms with Crippen LogP contribution in [0.4, 0.5) is 0 Å². The molecule has 1 aliphatic carbocycles. The Morgan fingerprint density at radius 3 is 1.82 bits per heavy atom. The predicted molar refractivity (Wildman–Crippen MR) is 121 cm³/mol. The summed E-state index contributed by atoms with van der Waals surface area (Å²) in [7, 11) is -0.553. The lowest BCUT2D eigenvalue weighted by Gasteiger charge is -2.45. The molecule has 0 heterocycles. The van der Waals surface area contributed by atoms with Gasteiger partial charge in [0.05, 0.1) is 19.0 Å². The van der Waals surface area contributed by atoms with Crippen LogP contribution in [0.25, 0.3) is 0 Å². The maximum atomic E-state index is 11.4. The normalized spacial score (nSPS) is 16.2. The van der Waals surface area contributed by atoms with Gasteiger partial charge in [-0.1, -0.05) is 97.9 Å². The monoisotopic (exact) mass is 392 g/mol. The van der Waals surface area contributed by atoms with Crippen LogP contribution in [0.2, 0.25) is 11.1 Å². The third-order valence-corrected chi connectivity index (χ3v) is 12.3. The Kier molecular flexibility index (Phi) is 6.26. The number of hydrogen-bond acceptors (Lipinski definition) is 2. The van der Waals surface area contributed by atoms with Crippen molar-refractivity contribution < 1.29 is 9.84 Å². The van der Waals surface area contributed by atoms with Gasteiger partial charge in [0.1, 0.15) is 8.07 Å². The number of benzene rings is 2. The van der Waals surface area contributed by atoms with Crippen molar-refractivity contribution in [2.24, 2.45) is 0 Å². The Bertz CT molecular complexity index is 792. The largest absolute Gasteiger partial charge is 0.501 e. The fraction of sp³-hybridized carbons (Fsp3) is 0.360. The quantitative estimate of drug-likeness (QED) is 0.572. The highest BCUT2D eigenvalue weighted by atomic mass is 28.3. The number of aliphatic hydroxyl groups excluding tert-OH is 1. The molecule has 1 atom stereocenters. The third kappa shape index (κ3) is 4.01. The number of aliphatic hydroxyl groups is 1. The van der Waals surface area contributed by atoms with E-state index in [-0.39, 0.29) is 5.04 Å². The van der Waals surface area contributed by atoms with Gasteiger partial charge in [-0.2, -0.15) is 0 Å². The molecular formula is C25H32O2Si. The van der Waals surface area contributed by atoms with Gasteiger partial charge in [0, 0.05) is 6.42 Å². The van der Waals surface area contributed by atoms with Gasteiger partial charge >= 0.3 is 0 Å². The van der Waals surface area contributed by atoms with Gasteiger partial charge < -0.3 is 9.84 Å². The standard InChI is InChI=1S/C25H32O2Si/c1-25(2,3)28(22-11-7-5-8-12-22,23-13-9-6-10-14-23)19-24(26)20-15-17-21(27-4)18-16-20/h5-15,18,24,26H,16-17,19H2,1-4H3. The molecule has 0 aromatic heterocycles. The average Bonchev–Trinajstić information content (AvgIpc) is 2.72. The molecule has 0 saturated heterocycles. The molecule has 0 bridgehead atoms. The molecule has 1 unspecified atom stereocenters. The van der Waals surface area contributed by atoms with Crippen LogP contribution in [0.5, 0.6) is 0 Å². The van der Waals surface area contributed by atoms with E-state index in [9.17, 15) is 5.11 Å². The lowest BCUT2D eigenvalue weighted by Crippen LogP contribution is -2.65. The Hall–Kier alpha value is -2.10. The first-order valence-corrected chi connectivity index (χ1v) is 12.3. The van der Waals surface area contributed by atoms with Crippen molar-refractivity contribution in [3.05, 3.63) is 84.1 Å². The minimum atomic E-state index is -2.26. The van der Waals surface area contributed by atoms with Crippen molar-refractivity contribution in [3.8, 4) is 0 Å². The maximum absolute atomic E-state index is 11.4. The highest BCUT2D eigenvalue weighted by Crippen LogP contribution is 2.40. The lowest BCUT2D eigenvalue weighted by molar-refractivity contribution is 0.223. The molecule has 0 saturated carbocycles. The molecule has 0 fully saturated rings. The SMILES string of the molecule is COC1=CCC(C(O)C[Si](c2ccccc2)(c2ccccc2)C(C)(C)C)=CC1. The smallest absolute Gasteiger partial charge is 0.126 e. The molecule has 1 aliphatic rings. The van der Waals surface area contributed by atoms with E-state index in [0.29, 0.717) is 0 Å². The van der Waals surface area contributed by atoms with E-state index in [0.717, 1.165) is 30.2 Å². The third-order valence-electron chi connectivity index (χ3n) is 6.13. The van der Waals surface area contributed by atoms with Crippen LogP contribution in [0.1, 0.15) is 33.6 Å². The second kappa shape index (κ2) is 8.50. The summed E-state index contributed by atoms with van der Waals surface area (Å²) < 4.78 is 5.36. The summed E-state index contributed by atoms with van der Waals surface area (Å²) in [6, 6.07) is 22.5. The second-order valence-corrected chi connectivity index (χ2v) is 13.5. The molecule has 148 valence electrons. The van der Waals surface area contributed by atoms with Gasteiger partial charge in [0.2, 0.25) is 0 Å². The Morgan fingerprint density at radius 1 is 0.893 bits per heavy atom. The molecule has 0 aliphatic heterocycles. The van der Waals surface area contributed by atoms with Crippen LogP contribution in [0.3, 0.4) is 0 Å². The Balaban J connectivity index is 2.05. The second-order valence-electron chi connectivity index (χ2n) is 8.67. The van der Waals surface area contributed by atoms with Crippen LogP contribution in [0.15, 0.2) is 84.1 Å². The van der Waals surface area contributed by atoms with Crippen molar-refractivity contribution in [1.29, 1.82) is 0 Å². The zero-order valence-corrected chi connectivity index (χ0v) is 18.5. The van der Waals surface area contributed by atoms with E-state index >= 15 is 0 Å². The number of ether oxygens (including phenoxy) is 1. The minimum Gasteiger partial charge on any atom is -0.501 e. The van der Waals surface area contributed by atoms with E-state index in [1.807, 2.05) is 0 Å². The number of allylic oxidation sites excluding steroid dienone is 2. The van der Waals surface area contributed by atoms with E-state index < -0.39 is 14.2 Å². The van der Waals surface area contributed by atoms with E-state index in [2.05, 4.69) is 93.6 Å². The van der Waals surface area contributed by atoms with E-state index in [4.69, 9.17) is 4.74 Å². The molecule has 0 radical (unpaired) electrons. The fourth-order valence-electron chi connectivity index (χ4n) is 4.51. The molecule has 3 rings (SSSR count). The fourth-order valence-corrected chi connectivity index (χ4v) is 10.0. The lowest BCUT2D eigenvalue weighted by atomic mass is 10.0. The molecular weight excluding hydrogens is 360 g/mol. The van der Waals surface area contributed by atoms with Gasteiger partial charge in [-0.25, -0.2) is 0 Å². The topological polar surface area (TPSA) is 29.5 Å². The minimum absolute atomic E-state index is 0.0550.